The predicted octanol–water partition coefficient (Wildman–Crippen LogP) is 2.29. The van der Waals surface area contributed by atoms with Gasteiger partial charge in [-0.3, -0.25) is 10.1 Å². The molecule has 98 valence electrons. The summed E-state index contributed by atoms with van der Waals surface area (Å²) in [5.41, 5.74) is -0.520. The zero-order chi connectivity index (χ0) is 13.7. The first-order valence-corrected chi connectivity index (χ1v) is 5.60. The number of nitro groups is 1. The van der Waals surface area contributed by atoms with E-state index in [0.29, 0.717) is 0 Å². The molecule has 0 aliphatic heterocycles. The molecule has 2 N–H and O–H groups in total. The summed E-state index contributed by atoms with van der Waals surface area (Å²) < 4.78 is 0. The van der Waals surface area contributed by atoms with Gasteiger partial charge < -0.3 is 10.4 Å². The minimum absolute atomic E-state index is 0.0388. The summed E-state index contributed by atoms with van der Waals surface area (Å²) in [5.74, 6) is -1.13. The summed E-state index contributed by atoms with van der Waals surface area (Å²) >= 11 is 0. The van der Waals surface area contributed by atoms with Crippen LogP contribution in [0.25, 0.3) is 0 Å². The van der Waals surface area contributed by atoms with Crippen molar-refractivity contribution < 1.29 is 14.8 Å². The van der Waals surface area contributed by atoms with E-state index in [1.165, 1.54) is 0 Å². The van der Waals surface area contributed by atoms with Gasteiger partial charge >= 0.3 is 11.7 Å². The van der Waals surface area contributed by atoms with Gasteiger partial charge in [0.25, 0.3) is 0 Å². The largest absolute Gasteiger partial charge is 0.478 e. The van der Waals surface area contributed by atoms with Crippen molar-refractivity contribution in [1.29, 1.82) is 0 Å². The number of nitrogens with one attached hydrogen (secondary N) is 1. The minimum atomic E-state index is -1.24. The van der Waals surface area contributed by atoms with Gasteiger partial charge in [0.1, 0.15) is 0 Å². The summed E-state index contributed by atoms with van der Waals surface area (Å²) in [6.07, 6.45) is 2.89. The number of rotatable bonds is 6. The predicted molar refractivity (Wildman–Crippen MR) is 65.8 cm³/mol. The fourth-order valence-corrected chi connectivity index (χ4v) is 1.56. The lowest BCUT2D eigenvalue weighted by Crippen LogP contribution is -2.17. The highest BCUT2D eigenvalue weighted by molar-refractivity contribution is 5.88. The van der Waals surface area contributed by atoms with Gasteiger partial charge in [0, 0.05) is 18.3 Å². The molecule has 1 rings (SSSR count). The first-order chi connectivity index (χ1) is 8.45. The molecule has 0 fully saturated rings. The molecule has 0 saturated heterocycles. The molecule has 0 spiro atoms. The van der Waals surface area contributed by atoms with E-state index in [-0.39, 0.29) is 23.1 Å². The first-order valence-electron chi connectivity index (χ1n) is 5.60. The van der Waals surface area contributed by atoms with Crippen LogP contribution in [0.1, 0.15) is 37.0 Å². The number of aromatic carboxylic acids is 1. The van der Waals surface area contributed by atoms with E-state index in [9.17, 15) is 14.9 Å². The average molecular weight is 253 g/mol. The molecule has 18 heavy (non-hydrogen) atoms. The Morgan fingerprint density at radius 3 is 2.83 bits per heavy atom. The Bertz CT molecular complexity index is 462. The third-order valence-corrected chi connectivity index (χ3v) is 2.42. The molecule has 1 aromatic rings. The smallest absolute Gasteiger partial charge is 0.337 e. The molecule has 1 atom stereocenters. The SMILES string of the molecule is CCCC(C)Nc1ncc(C(=O)O)cc1[N+](=O)[O-]. The lowest BCUT2D eigenvalue weighted by Gasteiger charge is -2.13. The van der Waals surface area contributed by atoms with E-state index in [1.807, 2.05) is 13.8 Å². The molecule has 0 aromatic carbocycles. The number of carboxylic acids is 1. The quantitative estimate of drug-likeness (QED) is 0.595. The molecule has 1 unspecified atom stereocenters. The number of carboxylic acid groups (broad SMARTS) is 1. The van der Waals surface area contributed by atoms with Crippen LogP contribution in [0.15, 0.2) is 12.3 Å². The maximum Gasteiger partial charge on any atom is 0.337 e. The number of hydrogen-bond donors (Lipinski definition) is 2. The third kappa shape index (κ3) is 3.41. The zero-order valence-electron chi connectivity index (χ0n) is 10.2. The van der Waals surface area contributed by atoms with Crippen LogP contribution >= 0.6 is 0 Å². The van der Waals surface area contributed by atoms with Gasteiger partial charge in [0.2, 0.25) is 5.82 Å². The van der Waals surface area contributed by atoms with Crippen LogP contribution in [-0.4, -0.2) is 27.0 Å². The van der Waals surface area contributed by atoms with Gasteiger partial charge in [-0.1, -0.05) is 13.3 Å². The van der Waals surface area contributed by atoms with Crippen LogP contribution in [0.5, 0.6) is 0 Å². The fourth-order valence-electron chi connectivity index (χ4n) is 1.56. The minimum Gasteiger partial charge on any atom is -0.478 e. The summed E-state index contributed by atoms with van der Waals surface area (Å²) in [7, 11) is 0. The maximum absolute atomic E-state index is 10.9. The van der Waals surface area contributed by atoms with Crippen LogP contribution in [0.2, 0.25) is 0 Å². The second-order valence-electron chi connectivity index (χ2n) is 3.99. The summed E-state index contributed by atoms with van der Waals surface area (Å²) in [5, 5.41) is 22.5. The number of nitrogens with zero attached hydrogens (tertiary/aromatic N) is 2. The molecule has 1 heterocycles. The Hall–Kier alpha value is -2.18. The van der Waals surface area contributed by atoms with Crippen molar-refractivity contribution in [2.45, 2.75) is 32.7 Å². The lowest BCUT2D eigenvalue weighted by atomic mass is 10.2. The lowest BCUT2D eigenvalue weighted by molar-refractivity contribution is -0.384. The van der Waals surface area contributed by atoms with Crippen molar-refractivity contribution in [1.82, 2.24) is 4.98 Å². The summed E-state index contributed by atoms with van der Waals surface area (Å²) in [6, 6.07) is 1.05. The van der Waals surface area contributed by atoms with Crippen LogP contribution in [0, 0.1) is 10.1 Å². The molecule has 0 aliphatic carbocycles. The third-order valence-electron chi connectivity index (χ3n) is 2.42. The number of hydrogen-bond acceptors (Lipinski definition) is 5. The number of aromatic nitrogens is 1. The van der Waals surface area contributed by atoms with E-state index in [1.54, 1.807) is 0 Å². The fraction of sp³-hybridized carbons (Fsp3) is 0.455. The van der Waals surface area contributed by atoms with Crippen molar-refractivity contribution >= 4 is 17.5 Å². The highest BCUT2D eigenvalue weighted by Crippen LogP contribution is 2.24. The Morgan fingerprint density at radius 1 is 1.67 bits per heavy atom. The molecule has 1 aromatic heterocycles. The van der Waals surface area contributed by atoms with Crippen LogP contribution in [0.3, 0.4) is 0 Å². The maximum atomic E-state index is 10.9. The topological polar surface area (TPSA) is 105 Å². The highest BCUT2D eigenvalue weighted by Gasteiger charge is 2.19. The molecule has 0 saturated carbocycles. The molecule has 0 radical (unpaired) electrons. The Labute approximate surface area is 104 Å². The summed E-state index contributed by atoms with van der Waals surface area (Å²) in [4.78, 5) is 24.8. The van der Waals surface area contributed by atoms with Crippen molar-refractivity contribution in [3.8, 4) is 0 Å². The van der Waals surface area contributed by atoms with E-state index in [0.717, 1.165) is 25.1 Å². The van der Waals surface area contributed by atoms with Gasteiger partial charge in [0.05, 0.1) is 10.5 Å². The van der Waals surface area contributed by atoms with Gasteiger partial charge in [0.15, 0.2) is 0 Å². The zero-order valence-corrected chi connectivity index (χ0v) is 10.2. The molecular formula is C11H15N3O4. The van der Waals surface area contributed by atoms with Gasteiger partial charge in [-0.25, -0.2) is 9.78 Å². The molecule has 0 amide bonds. The van der Waals surface area contributed by atoms with Crippen molar-refractivity contribution in [3.63, 3.8) is 0 Å². The van der Waals surface area contributed by atoms with E-state index < -0.39 is 10.9 Å². The number of carbonyl (C=O) groups is 1. The number of pyridine rings is 1. The van der Waals surface area contributed by atoms with Crippen LogP contribution < -0.4 is 5.32 Å². The van der Waals surface area contributed by atoms with E-state index >= 15 is 0 Å². The second-order valence-corrected chi connectivity index (χ2v) is 3.99. The van der Waals surface area contributed by atoms with Gasteiger partial charge in [-0.05, 0) is 13.3 Å². The van der Waals surface area contributed by atoms with Crippen LogP contribution in [0.4, 0.5) is 11.5 Å². The Balaban J connectivity index is 3.04. The van der Waals surface area contributed by atoms with Crippen LogP contribution in [-0.2, 0) is 0 Å². The van der Waals surface area contributed by atoms with E-state index in [4.69, 9.17) is 5.11 Å². The standard InChI is InChI=1S/C11H15N3O4/c1-3-4-7(2)13-10-9(14(17)18)5-8(6-12-10)11(15)16/h5-7H,3-4H2,1-2H3,(H,12,13)(H,15,16). The highest BCUT2D eigenvalue weighted by atomic mass is 16.6. The van der Waals surface area contributed by atoms with Gasteiger partial charge in [-0.15, -0.1) is 0 Å². The van der Waals surface area contributed by atoms with Crippen molar-refractivity contribution in [2.24, 2.45) is 0 Å². The van der Waals surface area contributed by atoms with E-state index in [2.05, 4.69) is 10.3 Å². The normalized spacial score (nSPS) is 11.9. The van der Waals surface area contributed by atoms with Gasteiger partial charge in [-0.2, -0.15) is 0 Å². The molecule has 0 aliphatic rings. The average Bonchev–Trinajstić information content (AvgIpc) is 2.29. The van der Waals surface area contributed by atoms with Crippen molar-refractivity contribution in [2.75, 3.05) is 5.32 Å². The molecule has 0 bridgehead atoms. The monoisotopic (exact) mass is 253 g/mol. The molecule has 7 heteroatoms. The Kier molecular flexibility index (Phi) is 4.59. The Morgan fingerprint density at radius 2 is 2.33 bits per heavy atom. The summed E-state index contributed by atoms with van der Waals surface area (Å²) in [6.45, 7) is 3.90. The molecular weight excluding hydrogens is 238 g/mol. The van der Waals surface area contributed by atoms with Crippen molar-refractivity contribution in [3.05, 3.63) is 27.9 Å². The first kappa shape index (κ1) is 13.9. The number of anilines is 1. The molecule has 7 nitrogen and oxygen atoms in total. The second kappa shape index (κ2) is 5.95.